The van der Waals surface area contributed by atoms with Crippen LogP contribution in [0.1, 0.15) is 0 Å². The monoisotopic (exact) mass is 364 g/mol. The third-order valence-corrected chi connectivity index (χ3v) is 4.24. The Hall–Kier alpha value is -1.32. The van der Waals surface area contributed by atoms with Crippen LogP contribution in [0.3, 0.4) is 0 Å². The molecule has 130 valence electrons. The van der Waals surface area contributed by atoms with E-state index in [0.29, 0.717) is 0 Å². The maximum absolute atomic E-state index is 11.2. The van der Waals surface area contributed by atoms with Gasteiger partial charge < -0.3 is 30.0 Å². The third kappa shape index (κ3) is 7.10. The molecule has 0 spiro atoms. The predicted octanol–water partition coefficient (Wildman–Crippen LogP) is -4.63. The first-order valence-corrected chi connectivity index (χ1v) is 8.79. The van der Waals surface area contributed by atoms with Crippen LogP contribution >= 0.6 is 0 Å². The van der Waals surface area contributed by atoms with Gasteiger partial charge in [-0.15, -0.1) is 0 Å². The van der Waals surface area contributed by atoms with E-state index in [2.05, 4.69) is 8.37 Å². The Kier molecular flexibility index (Phi) is 7.85. The molecule has 22 heavy (non-hydrogen) atoms. The van der Waals surface area contributed by atoms with Crippen LogP contribution in [0.4, 0.5) is 0 Å². The van der Waals surface area contributed by atoms with Crippen molar-refractivity contribution in [1.29, 1.82) is 0 Å². The number of hydrogen-bond donors (Lipinski definition) is 4. The highest BCUT2D eigenvalue weighted by Gasteiger charge is 2.37. The van der Waals surface area contributed by atoms with Crippen LogP contribution in [0.25, 0.3) is 0 Å². The zero-order valence-electron chi connectivity index (χ0n) is 11.1. The topological polar surface area (TPSA) is 213 Å². The molecule has 12 nitrogen and oxygen atoms in total. The van der Waals surface area contributed by atoms with Gasteiger partial charge in [0.2, 0.25) is 0 Å². The van der Waals surface area contributed by atoms with Gasteiger partial charge in [0.15, 0.2) is 12.2 Å². The van der Waals surface area contributed by atoms with E-state index >= 15 is 0 Å². The Morgan fingerprint density at radius 1 is 0.818 bits per heavy atom. The first-order valence-electron chi connectivity index (χ1n) is 5.64. The van der Waals surface area contributed by atoms with Crippen molar-refractivity contribution in [3.05, 3.63) is 0 Å². The maximum Gasteiger partial charge on any atom is 0.353 e. The minimum atomic E-state index is -4.41. The summed E-state index contributed by atoms with van der Waals surface area (Å²) in [4.78, 5) is 22.5. The molecule has 0 aliphatic heterocycles. The molecule has 0 amide bonds. The minimum Gasteiger partial charge on any atom is -0.379 e. The molecule has 0 radical (unpaired) electrons. The smallest absolute Gasteiger partial charge is 0.353 e. The van der Waals surface area contributed by atoms with Crippen molar-refractivity contribution in [2.75, 3.05) is 24.6 Å². The summed E-state index contributed by atoms with van der Waals surface area (Å²) in [6, 6.07) is 0. The normalized spacial score (nSPS) is 14.9. The molecule has 0 aliphatic rings. The quantitative estimate of drug-likeness (QED) is 0.284. The Morgan fingerprint density at radius 3 is 1.32 bits per heavy atom. The second kappa shape index (κ2) is 8.35. The molecule has 2 atom stereocenters. The van der Waals surface area contributed by atoms with Crippen molar-refractivity contribution in [1.82, 2.24) is 0 Å². The standard InChI is InChI=1S/C8H16N2O10S2/c9-1-3-21(15,16)19-7(13)5(11)6(12)8(14)20-22(17,18)4-2-10/h5-6,11-12H,1-4,9-10H2. The fourth-order valence-corrected chi connectivity index (χ4v) is 2.42. The summed E-state index contributed by atoms with van der Waals surface area (Å²) in [5.41, 5.74) is 9.88. The van der Waals surface area contributed by atoms with Crippen molar-refractivity contribution in [2.24, 2.45) is 11.5 Å². The molecule has 0 saturated carbocycles. The van der Waals surface area contributed by atoms with E-state index in [9.17, 15) is 36.6 Å². The molecule has 0 bridgehead atoms. The molecule has 0 aromatic rings. The molecule has 14 heteroatoms. The average molecular weight is 364 g/mol. The molecule has 0 aliphatic carbocycles. The van der Waals surface area contributed by atoms with Gasteiger partial charge in [0.1, 0.15) is 0 Å². The van der Waals surface area contributed by atoms with Gasteiger partial charge in [0, 0.05) is 13.1 Å². The minimum absolute atomic E-state index is 0.381. The highest BCUT2D eigenvalue weighted by atomic mass is 32.2. The van der Waals surface area contributed by atoms with Gasteiger partial charge in [-0.1, -0.05) is 0 Å². The molecule has 2 unspecified atom stereocenters. The van der Waals surface area contributed by atoms with Gasteiger partial charge in [0.25, 0.3) is 0 Å². The van der Waals surface area contributed by atoms with E-state index in [0.717, 1.165) is 0 Å². The highest BCUT2D eigenvalue weighted by Crippen LogP contribution is 2.05. The number of aliphatic hydroxyl groups excluding tert-OH is 2. The maximum atomic E-state index is 11.2. The van der Waals surface area contributed by atoms with Crippen molar-refractivity contribution in [3.63, 3.8) is 0 Å². The summed E-state index contributed by atoms with van der Waals surface area (Å²) in [5.74, 6) is -5.29. The van der Waals surface area contributed by atoms with Crippen LogP contribution in [0, 0.1) is 0 Å². The van der Waals surface area contributed by atoms with Crippen LogP contribution < -0.4 is 11.5 Å². The fourth-order valence-electron chi connectivity index (χ4n) is 0.979. The van der Waals surface area contributed by atoms with Gasteiger partial charge in [-0.05, 0) is 0 Å². The largest absolute Gasteiger partial charge is 0.379 e. The highest BCUT2D eigenvalue weighted by molar-refractivity contribution is 7.87. The summed E-state index contributed by atoms with van der Waals surface area (Å²) >= 11 is 0. The SMILES string of the molecule is NCCS(=O)(=O)OC(=O)C(O)C(O)C(=O)OS(=O)(=O)CCN. The van der Waals surface area contributed by atoms with Crippen LogP contribution in [0.5, 0.6) is 0 Å². The van der Waals surface area contributed by atoms with Crippen molar-refractivity contribution in [2.45, 2.75) is 12.2 Å². The van der Waals surface area contributed by atoms with Crippen LogP contribution in [0.15, 0.2) is 0 Å². The molecule has 0 saturated heterocycles. The zero-order chi connectivity index (χ0) is 17.6. The van der Waals surface area contributed by atoms with E-state index in [4.69, 9.17) is 11.5 Å². The molecule has 0 rings (SSSR count). The van der Waals surface area contributed by atoms with Crippen LogP contribution in [-0.2, 0) is 38.2 Å². The Morgan fingerprint density at radius 2 is 1.09 bits per heavy atom. The molecule has 0 aromatic heterocycles. The first kappa shape index (κ1) is 20.7. The van der Waals surface area contributed by atoms with Crippen LogP contribution in [-0.4, -0.2) is 75.8 Å². The number of aliphatic hydroxyl groups is 2. The molecular formula is C8H16N2O10S2. The predicted molar refractivity (Wildman–Crippen MR) is 69.9 cm³/mol. The van der Waals surface area contributed by atoms with Crippen molar-refractivity contribution >= 4 is 32.2 Å². The van der Waals surface area contributed by atoms with Gasteiger partial charge >= 0.3 is 32.2 Å². The zero-order valence-corrected chi connectivity index (χ0v) is 12.7. The van der Waals surface area contributed by atoms with Crippen molar-refractivity contribution < 1.29 is 45.0 Å². The Bertz CT molecular complexity index is 544. The fraction of sp³-hybridized carbons (Fsp3) is 0.750. The third-order valence-electron chi connectivity index (χ3n) is 1.94. The van der Waals surface area contributed by atoms with Gasteiger partial charge in [0.05, 0.1) is 11.5 Å². The van der Waals surface area contributed by atoms with E-state index in [1.54, 1.807) is 0 Å². The summed E-state index contributed by atoms with van der Waals surface area (Å²) in [5, 5.41) is 18.5. The van der Waals surface area contributed by atoms with Gasteiger partial charge in [-0.25, -0.2) is 9.59 Å². The molecular weight excluding hydrogens is 348 g/mol. The number of carbonyl (C=O) groups is 2. The lowest BCUT2D eigenvalue weighted by atomic mass is 10.2. The number of nitrogens with two attached hydrogens (primary N) is 2. The van der Waals surface area contributed by atoms with E-state index in [1.165, 1.54) is 0 Å². The Labute approximate surface area is 126 Å². The van der Waals surface area contributed by atoms with Gasteiger partial charge in [-0.2, -0.15) is 16.8 Å². The number of rotatable bonds is 9. The summed E-state index contributed by atoms with van der Waals surface area (Å²) < 4.78 is 52.2. The van der Waals surface area contributed by atoms with E-state index < -0.39 is 55.9 Å². The van der Waals surface area contributed by atoms with Crippen molar-refractivity contribution in [3.8, 4) is 0 Å². The molecule has 0 fully saturated rings. The second-order valence-corrected chi connectivity index (χ2v) is 7.18. The summed E-state index contributed by atoms with van der Waals surface area (Å²) in [6.45, 7) is -0.763. The van der Waals surface area contributed by atoms with E-state index in [1.807, 2.05) is 0 Å². The number of hydrogen-bond acceptors (Lipinski definition) is 12. The van der Waals surface area contributed by atoms with Gasteiger partial charge in [-0.3, -0.25) is 0 Å². The molecule has 0 heterocycles. The Balaban J connectivity index is 4.82. The lowest BCUT2D eigenvalue weighted by molar-refractivity contribution is -0.161. The number of carbonyl (C=O) groups excluding carboxylic acids is 2. The lowest BCUT2D eigenvalue weighted by Crippen LogP contribution is -2.43. The molecule has 0 aromatic carbocycles. The summed E-state index contributed by atoms with van der Waals surface area (Å²) in [7, 11) is -8.82. The van der Waals surface area contributed by atoms with E-state index in [-0.39, 0.29) is 13.1 Å². The molecule has 6 N–H and O–H groups in total. The van der Waals surface area contributed by atoms with Crippen LogP contribution in [0.2, 0.25) is 0 Å². The first-order chi connectivity index (χ1) is 9.95. The average Bonchev–Trinajstić information content (AvgIpc) is 2.35. The summed E-state index contributed by atoms with van der Waals surface area (Å²) in [6.07, 6.45) is -5.35. The lowest BCUT2D eigenvalue weighted by Gasteiger charge is -2.15. The second-order valence-electron chi connectivity index (χ2n) is 3.80.